The van der Waals surface area contributed by atoms with Crippen LogP contribution >= 0.6 is 0 Å². The zero-order valence-corrected chi connectivity index (χ0v) is 10.9. The van der Waals surface area contributed by atoms with Crippen molar-refractivity contribution in [2.24, 2.45) is 5.16 Å². The van der Waals surface area contributed by atoms with Gasteiger partial charge in [0, 0.05) is 11.3 Å². The van der Waals surface area contributed by atoms with Gasteiger partial charge in [-0.1, -0.05) is 35.5 Å². The van der Waals surface area contributed by atoms with Gasteiger partial charge in [0.1, 0.15) is 5.75 Å². The van der Waals surface area contributed by atoms with E-state index in [0.29, 0.717) is 22.7 Å². The van der Waals surface area contributed by atoms with Crippen molar-refractivity contribution in [1.82, 2.24) is 0 Å². The van der Waals surface area contributed by atoms with Gasteiger partial charge < -0.3 is 9.94 Å². The van der Waals surface area contributed by atoms with Gasteiger partial charge in [0.25, 0.3) is 0 Å². The zero-order chi connectivity index (χ0) is 14.4. The summed E-state index contributed by atoms with van der Waals surface area (Å²) in [4.78, 5) is 11.7. The number of hydrogen-bond donors (Lipinski definition) is 2. The lowest BCUT2D eigenvalue weighted by molar-refractivity contribution is 0.215. The van der Waals surface area contributed by atoms with Gasteiger partial charge in [-0.25, -0.2) is 4.79 Å². The number of para-hydroxylation sites is 1. The first-order chi connectivity index (χ1) is 9.69. The smallest absolute Gasteiger partial charge is 0.411 e. The number of oxime groups is 1. The van der Waals surface area contributed by atoms with Gasteiger partial charge in [-0.2, -0.15) is 0 Å². The van der Waals surface area contributed by atoms with E-state index in [4.69, 9.17) is 9.94 Å². The normalized spacial score (nSPS) is 10.9. The second-order valence-corrected chi connectivity index (χ2v) is 4.09. The Bertz CT molecular complexity index is 624. The highest BCUT2D eigenvalue weighted by molar-refractivity contribution is 5.99. The number of nitrogens with one attached hydrogen (secondary N) is 1. The Morgan fingerprint density at radius 2 is 1.90 bits per heavy atom. The molecule has 5 heteroatoms. The van der Waals surface area contributed by atoms with E-state index in [1.54, 1.807) is 55.5 Å². The molecule has 2 rings (SSSR count). The molecular weight excluding hydrogens is 256 g/mol. The summed E-state index contributed by atoms with van der Waals surface area (Å²) < 4.78 is 5.12. The van der Waals surface area contributed by atoms with Gasteiger partial charge in [0.05, 0.1) is 5.71 Å². The second kappa shape index (κ2) is 6.38. The van der Waals surface area contributed by atoms with Gasteiger partial charge in [0.15, 0.2) is 0 Å². The third-order valence-electron chi connectivity index (χ3n) is 2.63. The minimum absolute atomic E-state index is 0.463. The summed E-state index contributed by atoms with van der Waals surface area (Å²) in [6, 6.07) is 15.7. The second-order valence-electron chi connectivity index (χ2n) is 4.09. The van der Waals surface area contributed by atoms with Crippen LogP contribution in [-0.2, 0) is 0 Å². The van der Waals surface area contributed by atoms with Crippen LogP contribution in [0.15, 0.2) is 59.8 Å². The molecule has 0 bridgehead atoms. The summed E-state index contributed by atoms with van der Waals surface area (Å²) in [5, 5.41) is 14.5. The van der Waals surface area contributed by atoms with Crippen molar-refractivity contribution in [2.75, 3.05) is 5.32 Å². The van der Waals surface area contributed by atoms with Crippen molar-refractivity contribution in [3.63, 3.8) is 0 Å². The summed E-state index contributed by atoms with van der Waals surface area (Å²) >= 11 is 0. The van der Waals surface area contributed by atoms with Gasteiger partial charge >= 0.3 is 6.09 Å². The molecule has 0 aliphatic rings. The lowest BCUT2D eigenvalue weighted by atomic mass is 10.1. The molecule has 2 aromatic rings. The van der Waals surface area contributed by atoms with Crippen molar-refractivity contribution >= 4 is 17.5 Å². The predicted molar refractivity (Wildman–Crippen MR) is 76.5 cm³/mol. The zero-order valence-electron chi connectivity index (χ0n) is 10.9. The van der Waals surface area contributed by atoms with E-state index in [9.17, 15) is 4.79 Å². The Morgan fingerprint density at radius 1 is 1.15 bits per heavy atom. The average molecular weight is 270 g/mol. The van der Waals surface area contributed by atoms with Crippen molar-refractivity contribution in [1.29, 1.82) is 0 Å². The summed E-state index contributed by atoms with van der Waals surface area (Å²) in [6.07, 6.45) is -0.577. The molecule has 0 aliphatic carbocycles. The minimum atomic E-state index is -0.577. The molecule has 0 fully saturated rings. The molecule has 0 heterocycles. The summed E-state index contributed by atoms with van der Waals surface area (Å²) in [7, 11) is 0. The standard InChI is InChI=1S/C15H14N2O3/c1-11(17-19)12-6-5-7-13(10-12)16-15(18)20-14-8-3-2-4-9-14/h2-10,19H,1H3,(H,16,18)/b17-11+. The van der Waals surface area contributed by atoms with Crippen LogP contribution < -0.4 is 10.1 Å². The predicted octanol–water partition coefficient (Wildman–Crippen LogP) is 3.50. The number of nitrogens with zero attached hydrogens (tertiary/aromatic N) is 1. The van der Waals surface area contributed by atoms with E-state index < -0.39 is 6.09 Å². The Kier molecular flexibility index (Phi) is 4.34. The van der Waals surface area contributed by atoms with Crippen molar-refractivity contribution in [2.45, 2.75) is 6.92 Å². The van der Waals surface area contributed by atoms with Crippen LogP contribution in [0.4, 0.5) is 10.5 Å². The van der Waals surface area contributed by atoms with Crippen molar-refractivity contribution < 1.29 is 14.7 Å². The number of ether oxygens (including phenoxy) is 1. The molecule has 0 aromatic heterocycles. The monoisotopic (exact) mass is 270 g/mol. The van der Waals surface area contributed by atoms with E-state index in [-0.39, 0.29) is 0 Å². The maximum atomic E-state index is 11.7. The lowest BCUT2D eigenvalue weighted by Gasteiger charge is -2.07. The lowest BCUT2D eigenvalue weighted by Crippen LogP contribution is -2.16. The first-order valence-electron chi connectivity index (χ1n) is 6.02. The van der Waals surface area contributed by atoms with Gasteiger partial charge in [0.2, 0.25) is 0 Å². The number of hydrogen-bond acceptors (Lipinski definition) is 4. The molecule has 20 heavy (non-hydrogen) atoms. The van der Waals surface area contributed by atoms with E-state index in [1.807, 2.05) is 6.07 Å². The van der Waals surface area contributed by atoms with Crippen molar-refractivity contribution in [3.8, 4) is 5.75 Å². The molecule has 0 saturated heterocycles. The molecule has 0 atom stereocenters. The maximum absolute atomic E-state index is 11.7. The number of benzene rings is 2. The molecule has 0 unspecified atom stereocenters. The highest BCUT2D eigenvalue weighted by atomic mass is 16.6. The highest BCUT2D eigenvalue weighted by Gasteiger charge is 2.06. The first kappa shape index (κ1) is 13.6. The third-order valence-corrected chi connectivity index (χ3v) is 2.63. The summed E-state index contributed by atoms with van der Waals surface area (Å²) in [6.45, 7) is 1.67. The molecule has 0 saturated carbocycles. The SMILES string of the molecule is C/C(=N\O)c1cccc(NC(=O)Oc2ccccc2)c1. The highest BCUT2D eigenvalue weighted by Crippen LogP contribution is 2.14. The largest absolute Gasteiger partial charge is 0.417 e. The fourth-order valence-corrected chi connectivity index (χ4v) is 1.62. The molecule has 0 aliphatic heterocycles. The fourth-order valence-electron chi connectivity index (χ4n) is 1.62. The van der Waals surface area contributed by atoms with Crippen LogP contribution in [-0.4, -0.2) is 17.0 Å². The molecule has 5 nitrogen and oxygen atoms in total. The molecule has 0 radical (unpaired) electrons. The van der Waals surface area contributed by atoms with E-state index in [1.165, 1.54) is 0 Å². The first-order valence-corrected chi connectivity index (χ1v) is 6.02. The van der Waals surface area contributed by atoms with Crippen LogP contribution in [0.2, 0.25) is 0 Å². The van der Waals surface area contributed by atoms with Gasteiger partial charge in [-0.05, 0) is 31.2 Å². The minimum Gasteiger partial charge on any atom is -0.411 e. The fraction of sp³-hybridized carbons (Fsp3) is 0.0667. The average Bonchev–Trinajstić information content (AvgIpc) is 2.47. The van der Waals surface area contributed by atoms with Crippen LogP contribution in [0.3, 0.4) is 0 Å². The van der Waals surface area contributed by atoms with E-state index in [0.717, 1.165) is 0 Å². The molecule has 2 aromatic carbocycles. The van der Waals surface area contributed by atoms with Gasteiger partial charge in [-0.15, -0.1) is 0 Å². The topological polar surface area (TPSA) is 70.9 Å². The van der Waals surface area contributed by atoms with Gasteiger partial charge in [-0.3, -0.25) is 5.32 Å². The number of carbonyl (C=O) groups is 1. The molecule has 1 amide bonds. The van der Waals surface area contributed by atoms with Crippen LogP contribution in [0.5, 0.6) is 5.75 Å². The number of carbonyl (C=O) groups excluding carboxylic acids is 1. The third kappa shape index (κ3) is 3.58. The maximum Gasteiger partial charge on any atom is 0.417 e. The number of amides is 1. The Labute approximate surface area is 116 Å². The Balaban J connectivity index is 2.05. The summed E-state index contributed by atoms with van der Waals surface area (Å²) in [5.74, 6) is 0.467. The van der Waals surface area contributed by atoms with Crippen molar-refractivity contribution in [3.05, 3.63) is 60.2 Å². The van der Waals surface area contributed by atoms with Crippen LogP contribution in [0.25, 0.3) is 0 Å². The Morgan fingerprint density at radius 3 is 2.60 bits per heavy atom. The quantitative estimate of drug-likeness (QED) is 0.509. The molecule has 2 N–H and O–H groups in total. The van der Waals surface area contributed by atoms with Crippen LogP contribution in [0.1, 0.15) is 12.5 Å². The number of anilines is 1. The molecule has 0 spiro atoms. The molecule has 102 valence electrons. The van der Waals surface area contributed by atoms with Crippen LogP contribution in [0, 0.1) is 0 Å². The van der Waals surface area contributed by atoms with E-state index in [2.05, 4.69) is 10.5 Å². The molecular formula is C15H14N2O3. The Hall–Kier alpha value is -2.82. The number of rotatable bonds is 3. The summed E-state index contributed by atoms with van der Waals surface area (Å²) in [5.41, 5.74) is 1.74. The van der Waals surface area contributed by atoms with E-state index >= 15 is 0 Å².